The maximum absolute atomic E-state index is 4.93. The minimum absolute atomic E-state index is 0.0632. The van der Waals surface area contributed by atoms with E-state index in [0.717, 1.165) is 17.7 Å². The summed E-state index contributed by atoms with van der Waals surface area (Å²) in [5, 5.41) is 6.29. The molecule has 2 nitrogen and oxygen atoms in total. The molecule has 4 aromatic rings. The van der Waals surface area contributed by atoms with Gasteiger partial charge in [0.25, 0.3) is 0 Å². The third kappa shape index (κ3) is 4.68. The van der Waals surface area contributed by atoms with E-state index in [2.05, 4.69) is 141 Å². The summed E-state index contributed by atoms with van der Waals surface area (Å²) < 4.78 is 0. The summed E-state index contributed by atoms with van der Waals surface area (Å²) in [4.78, 5) is 4.93. The summed E-state index contributed by atoms with van der Waals surface area (Å²) in [6.07, 6.45) is 14.4. The molecule has 1 N–H and O–H groups in total. The van der Waals surface area contributed by atoms with Crippen molar-refractivity contribution in [1.29, 1.82) is 0 Å². The molecule has 4 aromatic carbocycles. The maximum Gasteiger partial charge on any atom is 0.0701 e. The number of aliphatic imine (C=N–C) groups is 1. The molecule has 0 spiro atoms. The van der Waals surface area contributed by atoms with Gasteiger partial charge >= 0.3 is 0 Å². The van der Waals surface area contributed by atoms with Crippen molar-refractivity contribution in [2.45, 2.75) is 38.3 Å². The van der Waals surface area contributed by atoms with Crippen LogP contribution in [0.1, 0.15) is 54.1 Å². The lowest BCUT2D eigenvalue weighted by atomic mass is 9.77. The van der Waals surface area contributed by atoms with Crippen LogP contribution < -0.4 is 5.32 Å². The predicted octanol–water partition coefficient (Wildman–Crippen LogP) is 8.80. The molecule has 0 bridgehead atoms. The fraction of sp³-hybridized carbons (Fsp3) is 0.171. The molecule has 1 heterocycles. The highest BCUT2D eigenvalue weighted by Crippen LogP contribution is 2.36. The van der Waals surface area contributed by atoms with E-state index in [9.17, 15) is 0 Å². The number of hydrogen-bond acceptors (Lipinski definition) is 2. The summed E-state index contributed by atoms with van der Waals surface area (Å²) in [5.74, 6) is 0. The summed E-state index contributed by atoms with van der Waals surface area (Å²) >= 11 is 0. The van der Waals surface area contributed by atoms with E-state index in [1.165, 1.54) is 38.7 Å². The summed E-state index contributed by atoms with van der Waals surface area (Å²) in [5.41, 5.74) is 8.59. The fourth-order valence-corrected chi connectivity index (χ4v) is 5.39. The quantitative estimate of drug-likeness (QED) is 0.284. The number of allylic oxidation sites excluding steroid dienone is 4. The Hall–Kier alpha value is -4.17. The average molecular weight is 481 g/mol. The molecule has 182 valence electrons. The molecule has 0 saturated carbocycles. The molecule has 0 amide bonds. The second-order valence-electron chi connectivity index (χ2n) is 10.4. The van der Waals surface area contributed by atoms with E-state index < -0.39 is 0 Å². The van der Waals surface area contributed by atoms with Gasteiger partial charge in [-0.2, -0.15) is 0 Å². The van der Waals surface area contributed by atoms with E-state index >= 15 is 0 Å². The summed E-state index contributed by atoms with van der Waals surface area (Å²) in [6, 6.07) is 30.8. The molecular weight excluding hydrogens is 448 g/mol. The van der Waals surface area contributed by atoms with Gasteiger partial charge in [-0.15, -0.1) is 0 Å². The Morgan fingerprint density at radius 3 is 2.65 bits per heavy atom. The topological polar surface area (TPSA) is 24.4 Å². The summed E-state index contributed by atoms with van der Waals surface area (Å²) in [7, 11) is 0. The molecule has 2 aliphatic rings. The average Bonchev–Trinajstić information content (AvgIpc) is 2.96. The van der Waals surface area contributed by atoms with E-state index in [0.29, 0.717) is 6.54 Å². The molecule has 0 aromatic heterocycles. The zero-order valence-electron chi connectivity index (χ0n) is 21.5. The Kier molecular flexibility index (Phi) is 6.10. The van der Waals surface area contributed by atoms with Gasteiger partial charge in [-0.05, 0) is 46.5 Å². The SMILES string of the molecule is C/C(=N\Cc1cccc(C2(C)C=CC=CC2)c1)c1ccc(C2C=Cc3ccc4ccccc4c3N2)cc1. The standard InChI is InChI=1S/C35H32N2/c1-25(36-24-26-9-8-11-31(23-26)35(2)21-6-3-7-22-35)27-13-16-29(17-14-27)33-20-19-30-18-15-28-10-4-5-12-32(28)34(30)37-33/h3-21,23,33,37H,22,24H2,1-2H3/b36-25+. The highest BCUT2D eigenvalue weighted by Gasteiger charge is 2.23. The molecule has 1 aliphatic heterocycles. The first-order chi connectivity index (χ1) is 18.1. The first-order valence-corrected chi connectivity index (χ1v) is 13.1. The third-order valence-electron chi connectivity index (χ3n) is 7.76. The number of fused-ring (bicyclic) bond motifs is 3. The number of rotatable bonds is 5. The monoisotopic (exact) mass is 480 g/mol. The van der Waals surface area contributed by atoms with Gasteiger partial charge in [-0.1, -0.05) is 128 Å². The minimum atomic E-state index is 0.0632. The van der Waals surface area contributed by atoms with E-state index in [1.807, 2.05) is 0 Å². The van der Waals surface area contributed by atoms with Crippen molar-refractivity contribution in [3.05, 3.63) is 143 Å². The van der Waals surface area contributed by atoms with Crippen molar-refractivity contribution in [2.24, 2.45) is 4.99 Å². The number of nitrogens with zero attached hydrogens (tertiary/aromatic N) is 1. The zero-order chi connectivity index (χ0) is 25.2. The molecule has 37 heavy (non-hydrogen) atoms. The van der Waals surface area contributed by atoms with Crippen molar-refractivity contribution in [3.8, 4) is 0 Å². The van der Waals surface area contributed by atoms with E-state index in [1.54, 1.807) is 0 Å². The molecular formula is C35H32N2. The van der Waals surface area contributed by atoms with Gasteiger partial charge in [-0.3, -0.25) is 4.99 Å². The van der Waals surface area contributed by atoms with Gasteiger partial charge in [0.15, 0.2) is 0 Å². The smallest absolute Gasteiger partial charge is 0.0701 e. The molecule has 6 rings (SSSR count). The van der Waals surface area contributed by atoms with Crippen molar-refractivity contribution < 1.29 is 0 Å². The molecule has 0 fully saturated rings. The van der Waals surface area contributed by atoms with Crippen LogP contribution in [0.3, 0.4) is 0 Å². The number of anilines is 1. The molecule has 1 aliphatic carbocycles. The second-order valence-corrected chi connectivity index (χ2v) is 10.4. The minimum Gasteiger partial charge on any atom is -0.374 e. The van der Waals surface area contributed by atoms with E-state index in [-0.39, 0.29) is 11.5 Å². The van der Waals surface area contributed by atoms with Gasteiger partial charge in [0.2, 0.25) is 0 Å². The van der Waals surface area contributed by atoms with Crippen LogP contribution >= 0.6 is 0 Å². The van der Waals surface area contributed by atoms with Crippen molar-refractivity contribution in [2.75, 3.05) is 5.32 Å². The van der Waals surface area contributed by atoms with Crippen LogP contribution in [0.5, 0.6) is 0 Å². The van der Waals surface area contributed by atoms with Crippen LogP contribution in [0, 0.1) is 0 Å². The first kappa shape index (κ1) is 23.2. The highest BCUT2D eigenvalue weighted by atomic mass is 14.9. The molecule has 2 heteroatoms. The van der Waals surface area contributed by atoms with Crippen LogP contribution in [0.25, 0.3) is 16.8 Å². The fourth-order valence-electron chi connectivity index (χ4n) is 5.39. The van der Waals surface area contributed by atoms with Crippen LogP contribution in [0.15, 0.2) is 120 Å². The largest absolute Gasteiger partial charge is 0.374 e. The lowest BCUT2D eigenvalue weighted by Gasteiger charge is -2.27. The van der Waals surface area contributed by atoms with Crippen LogP contribution in [-0.4, -0.2) is 5.71 Å². The number of hydrogen-bond donors (Lipinski definition) is 1. The van der Waals surface area contributed by atoms with E-state index in [4.69, 9.17) is 4.99 Å². The normalized spacial score (nSPS) is 20.6. The molecule has 2 unspecified atom stereocenters. The lowest BCUT2D eigenvalue weighted by Crippen LogP contribution is -2.19. The van der Waals surface area contributed by atoms with Crippen molar-refractivity contribution >= 4 is 28.2 Å². The van der Waals surface area contributed by atoms with Crippen LogP contribution in [-0.2, 0) is 12.0 Å². The molecule has 0 saturated heterocycles. The Morgan fingerprint density at radius 2 is 1.81 bits per heavy atom. The van der Waals surface area contributed by atoms with Gasteiger partial charge in [-0.25, -0.2) is 0 Å². The number of benzene rings is 4. The Labute approximate surface area is 219 Å². The Balaban J connectivity index is 1.17. The van der Waals surface area contributed by atoms with Gasteiger partial charge in [0.05, 0.1) is 18.3 Å². The summed E-state index contributed by atoms with van der Waals surface area (Å²) in [6.45, 7) is 5.10. The van der Waals surface area contributed by atoms with Gasteiger partial charge < -0.3 is 5.32 Å². The highest BCUT2D eigenvalue weighted by molar-refractivity contribution is 6.00. The Morgan fingerprint density at radius 1 is 0.946 bits per heavy atom. The van der Waals surface area contributed by atoms with Crippen molar-refractivity contribution in [1.82, 2.24) is 0 Å². The first-order valence-electron chi connectivity index (χ1n) is 13.1. The molecule has 0 radical (unpaired) electrons. The third-order valence-corrected chi connectivity index (χ3v) is 7.76. The maximum atomic E-state index is 4.93. The van der Waals surface area contributed by atoms with Crippen molar-refractivity contribution in [3.63, 3.8) is 0 Å². The van der Waals surface area contributed by atoms with Gasteiger partial charge in [0.1, 0.15) is 0 Å². The second kappa shape index (κ2) is 9.71. The van der Waals surface area contributed by atoms with Gasteiger partial charge in [0, 0.05) is 16.5 Å². The zero-order valence-corrected chi connectivity index (χ0v) is 21.5. The number of nitrogens with one attached hydrogen (secondary N) is 1. The Bertz CT molecular complexity index is 1570. The van der Waals surface area contributed by atoms with Crippen LogP contribution in [0.2, 0.25) is 0 Å². The van der Waals surface area contributed by atoms with Crippen LogP contribution in [0.4, 0.5) is 5.69 Å². The lowest BCUT2D eigenvalue weighted by molar-refractivity contribution is 0.599. The predicted molar refractivity (Wildman–Crippen MR) is 158 cm³/mol. The molecule has 2 atom stereocenters.